The second kappa shape index (κ2) is 4.13. The van der Waals surface area contributed by atoms with E-state index in [1.54, 1.807) is 6.33 Å². The van der Waals surface area contributed by atoms with Crippen LogP contribution in [-0.4, -0.2) is 15.6 Å². The van der Waals surface area contributed by atoms with Gasteiger partial charge in [-0.15, -0.1) is 6.42 Å². The first kappa shape index (κ1) is 9.71. The lowest BCUT2D eigenvalue weighted by Crippen LogP contribution is -2.36. The summed E-state index contributed by atoms with van der Waals surface area (Å²) >= 11 is 0. The van der Waals surface area contributed by atoms with Crippen molar-refractivity contribution in [2.75, 3.05) is 0 Å². The van der Waals surface area contributed by atoms with Gasteiger partial charge in [0.2, 0.25) is 0 Å². The van der Waals surface area contributed by atoms with E-state index >= 15 is 0 Å². The summed E-state index contributed by atoms with van der Waals surface area (Å²) in [6.07, 6.45) is 7.09. The number of terminal acetylenes is 1. The largest absolute Gasteiger partial charge is 0.328 e. The predicted molar refractivity (Wildman–Crippen MR) is 59.7 cm³/mol. The van der Waals surface area contributed by atoms with E-state index in [2.05, 4.69) is 16.3 Å². The molecule has 0 aliphatic heterocycles. The van der Waals surface area contributed by atoms with Crippen LogP contribution in [-0.2, 0) is 6.54 Å². The number of para-hydroxylation sites is 2. The molecule has 4 heteroatoms. The summed E-state index contributed by atoms with van der Waals surface area (Å²) in [5, 5.41) is 0. The molecule has 1 aromatic heterocycles. The van der Waals surface area contributed by atoms with Crippen LogP contribution in [0.2, 0.25) is 0 Å². The molecule has 2 aromatic rings. The van der Waals surface area contributed by atoms with E-state index in [1.165, 1.54) is 0 Å². The van der Waals surface area contributed by atoms with Gasteiger partial charge in [-0.25, -0.2) is 10.4 Å². The number of benzene rings is 1. The number of nitrogens with zero attached hydrogens (tertiary/aromatic N) is 2. The van der Waals surface area contributed by atoms with Crippen molar-refractivity contribution in [3.8, 4) is 12.3 Å². The zero-order valence-corrected chi connectivity index (χ0v) is 8.22. The molecule has 1 atom stereocenters. The average molecular weight is 200 g/mol. The quantitative estimate of drug-likeness (QED) is 0.431. The molecule has 0 aliphatic carbocycles. The fourth-order valence-electron chi connectivity index (χ4n) is 1.51. The summed E-state index contributed by atoms with van der Waals surface area (Å²) in [7, 11) is 0. The standard InChI is InChI=1S/C11H12N4/c1-2-9(14-12)7-15-8-13-10-5-3-4-6-11(10)15/h1,3-6,8-9,14H,7,12H2. The zero-order valence-electron chi connectivity index (χ0n) is 8.22. The molecule has 0 amide bonds. The Labute approximate surface area is 88.1 Å². The van der Waals surface area contributed by atoms with Crippen LogP contribution in [0.1, 0.15) is 0 Å². The molecule has 76 valence electrons. The molecular weight excluding hydrogens is 188 g/mol. The number of nitrogens with two attached hydrogens (primary N) is 1. The molecule has 1 aromatic carbocycles. The van der Waals surface area contributed by atoms with Gasteiger partial charge < -0.3 is 4.57 Å². The molecule has 4 nitrogen and oxygen atoms in total. The van der Waals surface area contributed by atoms with Gasteiger partial charge in [-0.05, 0) is 12.1 Å². The van der Waals surface area contributed by atoms with Crippen molar-refractivity contribution >= 4 is 11.0 Å². The number of hydrogen-bond acceptors (Lipinski definition) is 3. The van der Waals surface area contributed by atoms with Crippen molar-refractivity contribution < 1.29 is 0 Å². The molecule has 0 fully saturated rings. The molecule has 0 saturated carbocycles. The van der Waals surface area contributed by atoms with Crippen molar-refractivity contribution in [3.05, 3.63) is 30.6 Å². The molecule has 0 spiro atoms. The van der Waals surface area contributed by atoms with Gasteiger partial charge in [0.05, 0.1) is 29.9 Å². The van der Waals surface area contributed by atoms with Crippen LogP contribution in [0.3, 0.4) is 0 Å². The number of fused-ring (bicyclic) bond motifs is 1. The summed E-state index contributed by atoms with van der Waals surface area (Å²) < 4.78 is 1.99. The second-order valence-corrected chi connectivity index (χ2v) is 3.27. The third-order valence-corrected chi connectivity index (χ3v) is 2.31. The van der Waals surface area contributed by atoms with Gasteiger partial charge >= 0.3 is 0 Å². The van der Waals surface area contributed by atoms with Crippen molar-refractivity contribution in [2.45, 2.75) is 12.6 Å². The first-order valence-corrected chi connectivity index (χ1v) is 4.67. The molecule has 0 radical (unpaired) electrons. The minimum Gasteiger partial charge on any atom is -0.328 e. The molecular formula is C11H12N4. The highest BCUT2D eigenvalue weighted by Crippen LogP contribution is 2.11. The van der Waals surface area contributed by atoms with Crippen LogP contribution in [0.5, 0.6) is 0 Å². The summed E-state index contributed by atoms with van der Waals surface area (Å²) in [6, 6.07) is 7.72. The van der Waals surface area contributed by atoms with E-state index in [1.807, 2.05) is 28.8 Å². The Morgan fingerprint density at radius 1 is 1.53 bits per heavy atom. The van der Waals surface area contributed by atoms with Gasteiger partial charge in [0.1, 0.15) is 0 Å². The Morgan fingerprint density at radius 3 is 3.07 bits per heavy atom. The smallest absolute Gasteiger partial charge is 0.0993 e. The fraction of sp³-hybridized carbons (Fsp3) is 0.182. The van der Waals surface area contributed by atoms with Crippen LogP contribution >= 0.6 is 0 Å². The molecule has 3 N–H and O–H groups in total. The van der Waals surface area contributed by atoms with Gasteiger partial charge in [0.15, 0.2) is 0 Å². The summed E-state index contributed by atoms with van der Waals surface area (Å²) in [5.41, 5.74) is 4.60. The first-order chi connectivity index (χ1) is 7.35. The number of hydrogen-bond donors (Lipinski definition) is 2. The SMILES string of the molecule is C#CC(Cn1cnc2ccccc21)NN. The second-order valence-electron chi connectivity index (χ2n) is 3.27. The molecule has 1 heterocycles. The molecule has 0 aliphatic rings. The minimum absolute atomic E-state index is 0.178. The molecule has 15 heavy (non-hydrogen) atoms. The fourth-order valence-corrected chi connectivity index (χ4v) is 1.51. The van der Waals surface area contributed by atoms with Gasteiger partial charge in [-0.2, -0.15) is 0 Å². The van der Waals surface area contributed by atoms with Crippen molar-refractivity contribution in [2.24, 2.45) is 5.84 Å². The zero-order chi connectivity index (χ0) is 10.7. The maximum absolute atomic E-state index is 5.32. The number of nitrogens with one attached hydrogen (secondary N) is 1. The normalized spacial score (nSPS) is 12.5. The van der Waals surface area contributed by atoms with E-state index < -0.39 is 0 Å². The van der Waals surface area contributed by atoms with Gasteiger partial charge in [0, 0.05) is 0 Å². The van der Waals surface area contributed by atoms with Crippen molar-refractivity contribution in [1.29, 1.82) is 0 Å². The van der Waals surface area contributed by atoms with Crippen LogP contribution in [0.15, 0.2) is 30.6 Å². The number of hydrazine groups is 1. The van der Waals surface area contributed by atoms with E-state index in [0.29, 0.717) is 6.54 Å². The summed E-state index contributed by atoms with van der Waals surface area (Å²) in [4.78, 5) is 4.27. The van der Waals surface area contributed by atoms with Crippen molar-refractivity contribution in [3.63, 3.8) is 0 Å². The van der Waals surface area contributed by atoms with Crippen molar-refractivity contribution in [1.82, 2.24) is 15.0 Å². The number of aromatic nitrogens is 2. The van der Waals surface area contributed by atoms with Crippen LogP contribution in [0.25, 0.3) is 11.0 Å². The maximum atomic E-state index is 5.32. The van der Waals surface area contributed by atoms with E-state index in [9.17, 15) is 0 Å². The van der Waals surface area contributed by atoms with Crippen LogP contribution in [0, 0.1) is 12.3 Å². The van der Waals surface area contributed by atoms with E-state index in [4.69, 9.17) is 12.3 Å². The molecule has 0 bridgehead atoms. The van der Waals surface area contributed by atoms with Gasteiger partial charge in [-0.1, -0.05) is 18.1 Å². The third-order valence-electron chi connectivity index (χ3n) is 2.31. The Kier molecular flexibility index (Phi) is 2.68. The lowest BCUT2D eigenvalue weighted by molar-refractivity contribution is 0.550. The van der Waals surface area contributed by atoms with E-state index in [-0.39, 0.29) is 6.04 Å². The maximum Gasteiger partial charge on any atom is 0.0993 e. The Bertz CT molecular complexity index is 495. The Balaban J connectivity index is 2.33. The van der Waals surface area contributed by atoms with E-state index in [0.717, 1.165) is 11.0 Å². The Hall–Kier alpha value is -1.83. The monoisotopic (exact) mass is 200 g/mol. The number of imidazole rings is 1. The predicted octanol–water partition coefficient (Wildman–Crippen LogP) is 0.501. The first-order valence-electron chi connectivity index (χ1n) is 4.67. The molecule has 1 unspecified atom stereocenters. The highest BCUT2D eigenvalue weighted by Gasteiger charge is 2.06. The lowest BCUT2D eigenvalue weighted by atomic mass is 10.3. The Morgan fingerprint density at radius 2 is 2.33 bits per heavy atom. The summed E-state index contributed by atoms with van der Waals surface area (Å²) in [6.45, 7) is 0.619. The lowest BCUT2D eigenvalue weighted by Gasteiger charge is -2.10. The molecule has 2 rings (SSSR count). The average Bonchev–Trinajstić information content (AvgIpc) is 2.69. The summed E-state index contributed by atoms with van der Waals surface area (Å²) in [5.74, 6) is 7.89. The third kappa shape index (κ3) is 1.84. The molecule has 0 saturated heterocycles. The highest BCUT2D eigenvalue weighted by molar-refractivity contribution is 5.74. The minimum atomic E-state index is -0.178. The van der Waals surface area contributed by atoms with Gasteiger partial charge in [-0.3, -0.25) is 5.84 Å². The van der Waals surface area contributed by atoms with Crippen LogP contribution in [0.4, 0.5) is 0 Å². The van der Waals surface area contributed by atoms with Gasteiger partial charge in [0.25, 0.3) is 0 Å². The topological polar surface area (TPSA) is 55.9 Å². The number of rotatable bonds is 3. The highest BCUT2D eigenvalue weighted by atomic mass is 15.2. The van der Waals surface area contributed by atoms with Crippen LogP contribution < -0.4 is 11.3 Å².